The average Bonchev–Trinajstić information content (AvgIpc) is 3.04. The molecule has 3 aromatic rings. The van der Waals surface area contributed by atoms with Crippen LogP contribution in [0.3, 0.4) is 0 Å². The molecule has 1 aliphatic rings. The molecule has 1 saturated carbocycles. The van der Waals surface area contributed by atoms with E-state index in [1.54, 1.807) is 6.20 Å². The molecule has 140 valence electrons. The number of aromatic nitrogens is 2. The third kappa shape index (κ3) is 3.74. The van der Waals surface area contributed by atoms with Crippen molar-refractivity contribution in [2.24, 2.45) is 0 Å². The van der Waals surface area contributed by atoms with E-state index in [-0.39, 0.29) is 11.9 Å². The lowest BCUT2D eigenvalue weighted by Gasteiger charge is -2.28. The van der Waals surface area contributed by atoms with Crippen LogP contribution in [-0.2, 0) is 6.54 Å². The van der Waals surface area contributed by atoms with Crippen molar-refractivity contribution < 1.29 is 9.90 Å². The fourth-order valence-electron chi connectivity index (χ4n) is 3.84. The standard InChI is InChI=1S/C22H25N3O2/c1-15-8-10-16(11-9-15)13-25-14-17(21-19(25)6-4-12-23-21)22(27)24-18-5-2-3-7-20(18)26/h4,6,8-12,14,18,20,26H,2-3,5,7,13H2,1H3,(H,24,27). The van der Waals surface area contributed by atoms with Gasteiger partial charge in [0.25, 0.3) is 5.91 Å². The summed E-state index contributed by atoms with van der Waals surface area (Å²) >= 11 is 0. The van der Waals surface area contributed by atoms with Gasteiger partial charge in [-0.2, -0.15) is 0 Å². The molecule has 0 spiro atoms. The highest BCUT2D eigenvalue weighted by molar-refractivity contribution is 6.05. The van der Waals surface area contributed by atoms with Crippen molar-refractivity contribution in [1.29, 1.82) is 0 Å². The van der Waals surface area contributed by atoms with Gasteiger partial charge in [-0.05, 0) is 37.5 Å². The molecule has 1 aliphatic carbocycles. The Bertz CT molecular complexity index is 946. The van der Waals surface area contributed by atoms with Crippen LogP contribution in [0.1, 0.15) is 47.2 Å². The number of amides is 1. The van der Waals surface area contributed by atoms with Crippen molar-refractivity contribution in [2.75, 3.05) is 0 Å². The predicted molar refractivity (Wildman–Crippen MR) is 106 cm³/mol. The summed E-state index contributed by atoms with van der Waals surface area (Å²) in [5.74, 6) is -0.160. The number of aliphatic hydroxyl groups excluding tert-OH is 1. The first kappa shape index (κ1) is 17.7. The molecule has 27 heavy (non-hydrogen) atoms. The second-order valence-corrected chi connectivity index (χ2v) is 7.46. The molecule has 0 saturated heterocycles. The van der Waals surface area contributed by atoms with Crippen LogP contribution >= 0.6 is 0 Å². The summed E-state index contributed by atoms with van der Waals surface area (Å²) < 4.78 is 2.07. The molecule has 0 bridgehead atoms. The molecule has 0 radical (unpaired) electrons. The van der Waals surface area contributed by atoms with Gasteiger partial charge in [0.2, 0.25) is 0 Å². The summed E-state index contributed by atoms with van der Waals surface area (Å²) in [6.07, 6.45) is 6.75. The van der Waals surface area contributed by atoms with Gasteiger partial charge in [0.1, 0.15) is 5.52 Å². The number of hydrogen-bond donors (Lipinski definition) is 2. The van der Waals surface area contributed by atoms with Crippen molar-refractivity contribution in [1.82, 2.24) is 14.9 Å². The fraction of sp³-hybridized carbons (Fsp3) is 0.364. The number of benzene rings is 1. The third-order valence-electron chi connectivity index (χ3n) is 5.40. The van der Waals surface area contributed by atoms with E-state index < -0.39 is 6.10 Å². The lowest BCUT2D eigenvalue weighted by molar-refractivity contribution is 0.0718. The number of rotatable bonds is 4. The highest BCUT2D eigenvalue weighted by atomic mass is 16.3. The molecule has 4 rings (SSSR count). The average molecular weight is 363 g/mol. The summed E-state index contributed by atoms with van der Waals surface area (Å²) in [4.78, 5) is 17.4. The Morgan fingerprint density at radius 1 is 1.22 bits per heavy atom. The molecular formula is C22H25N3O2. The van der Waals surface area contributed by atoms with Crippen LogP contribution < -0.4 is 5.32 Å². The van der Waals surface area contributed by atoms with Crippen LogP contribution in [0.2, 0.25) is 0 Å². The largest absolute Gasteiger partial charge is 0.391 e. The Morgan fingerprint density at radius 3 is 2.78 bits per heavy atom. The van der Waals surface area contributed by atoms with Gasteiger partial charge in [0.15, 0.2) is 0 Å². The maximum absolute atomic E-state index is 12.9. The monoisotopic (exact) mass is 363 g/mol. The number of aryl methyl sites for hydroxylation is 1. The lowest BCUT2D eigenvalue weighted by Crippen LogP contribution is -2.45. The molecule has 2 aromatic heterocycles. The van der Waals surface area contributed by atoms with E-state index in [2.05, 4.69) is 46.1 Å². The van der Waals surface area contributed by atoms with Crippen LogP contribution in [0, 0.1) is 6.92 Å². The normalized spacial score (nSPS) is 19.9. The van der Waals surface area contributed by atoms with Gasteiger partial charge in [-0.15, -0.1) is 0 Å². The van der Waals surface area contributed by atoms with E-state index in [4.69, 9.17) is 0 Å². The summed E-state index contributed by atoms with van der Waals surface area (Å²) in [7, 11) is 0. The minimum absolute atomic E-state index is 0.160. The number of hydrogen-bond acceptors (Lipinski definition) is 3. The molecule has 1 aromatic carbocycles. The number of carbonyl (C=O) groups excluding carboxylic acids is 1. The Hall–Kier alpha value is -2.66. The zero-order valence-electron chi connectivity index (χ0n) is 15.6. The molecule has 2 N–H and O–H groups in total. The van der Waals surface area contributed by atoms with Gasteiger partial charge in [-0.3, -0.25) is 9.78 Å². The Morgan fingerprint density at radius 2 is 2.00 bits per heavy atom. The topological polar surface area (TPSA) is 67.2 Å². The van der Waals surface area contributed by atoms with Crippen molar-refractivity contribution >= 4 is 16.9 Å². The zero-order chi connectivity index (χ0) is 18.8. The molecule has 1 amide bonds. The van der Waals surface area contributed by atoms with Crippen LogP contribution in [0.5, 0.6) is 0 Å². The first-order valence-electron chi connectivity index (χ1n) is 9.60. The quantitative estimate of drug-likeness (QED) is 0.746. The smallest absolute Gasteiger partial charge is 0.255 e. The van der Waals surface area contributed by atoms with Crippen molar-refractivity contribution in [2.45, 2.75) is 51.3 Å². The van der Waals surface area contributed by atoms with Crippen LogP contribution in [0.15, 0.2) is 48.8 Å². The Balaban J connectivity index is 1.63. The van der Waals surface area contributed by atoms with E-state index in [1.807, 2.05) is 18.3 Å². The molecule has 5 heteroatoms. The highest BCUT2D eigenvalue weighted by Gasteiger charge is 2.26. The van der Waals surface area contributed by atoms with Gasteiger partial charge >= 0.3 is 0 Å². The fourth-order valence-corrected chi connectivity index (χ4v) is 3.84. The van der Waals surface area contributed by atoms with Crippen molar-refractivity contribution in [3.8, 4) is 0 Å². The Kier molecular flexibility index (Phi) is 4.94. The number of fused-ring (bicyclic) bond motifs is 1. The summed E-state index contributed by atoms with van der Waals surface area (Å²) in [6.45, 7) is 2.75. The molecule has 5 nitrogen and oxygen atoms in total. The first-order chi connectivity index (χ1) is 13.1. The molecule has 2 atom stereocenters. The second-order valence-electron chi connectivity index (χ2n) is 7.46. The lowest BCUT2D eigenvalue weighted by atomic mass is 9.92. The highest BCUT2D eigenvalue weighted by Crippen LogP contribution is 2.23. The van der Waals surface area contributed by atoms with E-state index in [0.717, 1.165) is 31.2 Å². The molecular weight excluding hydrogens is 338 g/mol. The molecule has 2 unspecified atom stereocenters. The van der Waals surface area contributed by atoms with Crippen molar-refractivity contribution in [3.05, 3.63) is 65.5 Å². The Labute approximate surface area is 159 Å². The number of nitrogens with zero attached hydrogens (tertiary/aromatic N) is 2. The van der Waals surface area contributed by atoms with Crippen LogP contribution in [0.4, 0.5) is 0 Å². The second kappa shape index (κ2) is 7.53. The summed E-state index contributed by atoms with van der Waals surface area (Å²) in [5.41, 5.74) is 4.61. The molecule has 0 aliphatic heterocycles. The van der Waals surface area contributed by atoms with E-state index in [1.165, 1.54) is 11.1 Å². The molecule has 2 heterocycles. The summed E-state index contributed by atoms with van der Waals surface area (Å²) in [6, 6.07) is 12.1. The van der Waals surface area contributed by atoms with Gasteiger partial charge in [0.05, 0.1) is 23.2 Å². The van der Waals surface area contributed by atoms with Crippen LogP contribution in [0.25, 0.3) is 11.0 Å². The number of carbonyl (C=O) groups is 1. The number of nitrogens with one attached hydrogen (secondary N) is 1. The number of pyridine rings is 1. The van der Waals surface area contributed by atoms with Gasteiger partial charge in [-0.1, -0.05) is 42.7 Å². The van der Waals surface area contributed by atoms with Crippen molar-refractivity contribution in [3.63, 3.8) is 0 Å². The molecule has 1 fully saturated rings. The zero-order valence-corrected chi connectivity index (χ0v) is 15.6. The minimum Gasteiger partial charge on any atom is -0.391 e. The van der Waals surface area contributed by atoms with E-state index in [0.29, 0.717) is 17.6 Å². The van der Waals surface area contributed by atoms with Crippen LogP contribution in [-0.4, -0.2) is 32.7 Å². The maximum atomic E-state index is 12.9. The number of aliphatic hydroxyl groups is 1. The van der Waals surface area contributed by atoms with Gasteiger partial charge in [0, 0.05) is 18.9 Å². The van der Waals surface area contributed by atoms with Gasteiger partial charge in [-0.25, -0.2) is 0 Å². The predicted octanol–water partition coefficient (Wildman–Crippen LogP) is 3.43. The summed E-state index contributed by atoms with van der Waals surface area (Å²) in [5, 5.41) is 13.2. The first-order valence-corrected chi connectivity index (χ1v) is 9.60. The maximum Gasteiger partial charge on any atom is 0.255 e. The SMILES string of the molecule is Cc1ccc(Cn2cc(C(=O)NC3CCCCC3O)c3ncccc32)cc1. The minimum atomic E-state index is -0.462. The van der Waals surface area contributed by atoms with E-state index >= 15 is 0 Å². The van der Waals surface area contributed by atoms with Gasteiger partial charge < -0.3 is 15.0 Å². The van der Waals surface area contributed by atoms with E-state index in [9.17, 15) is 9.90 Å². The third-order valence-corrected chi connectivity index (χ3v) is 5.40.